The minimum atomic E-state index is -2.12. The van der Waals surface area contributed by atoms with E-state index in [9.17, 15) is 9.18 Å². The summed E-state index contributed by atoms with van der Waals surface area (Å²) >= 11 is 5.92. The summed E-state index contributed by atoms with van der Waals surface area (Å²) in [6.45, 7) is 0.201. The number of amides is 1. The first-order valence-electron chi connectivity index (χ1n) is 7.38. The fraction of sp³-hybridized carbons (Fsp3) is 0.312. The molecule has 8 heteroatoms. The minimum absolute atomic E-state index is 0.0655. The maximum absolute atomic E-state index is 14.8. The number of hydrogen-bond acceptors (Lipinski definition) is 5. The third-order valence-corrected chi connectivity index (χ3v) is 4.09. The lowest BCUT2D eigenvalue weighted by Gasteiger charge is -2.32. The van der Waals surface area contributed by atoms with Crippen LogP contribution in [0.5, 0.6) is 0 Å². The molecule has 1 fully saturated rings. The van der Waals surface area contributed by atoms with Gasteiger partial charge in [0.2, 0.25) is 5.67 Å². The number of anilines is 1. The average Bonchev–Trinajstić information content (AvgIpc) is 3.03. The molecule has 24 heavy (non-hydrogen) atoms. The minimum Gasteiger partial charge on any atom is -0.354 e. The molecule has 1 aliphatic rings. The lowest BCUT2D eigenvalue weighted by atomic mass is 9.94. The van der Waals surface area contributed by atoms with Crippen molar-refractivity contribution >= 4 is 23.3 Å². The number of hydrogen-bond donors (Lipinski definition) is 1. The Morgan fingerprint density at radius 1 is 1.50 bits per heavy atom. The number of nitrogens with one attached hydrogen (secondary N) is 1. The van der Waals surface area contributed by atoms with Crippen molar-refractivity contribution in [2.75, 3.05) is 18.4 Å². The summed E-state index contributed by atoms with van der Waals surface area (Å²) in [6.07, 6.45) is 2.38. The molecule has 3 rings (SSSR count). The Hall–Kier alpha value is -2.59. The van der Waals surface area contributed by atoms with E-state index in [2.05, 4.69) is 10.5 Å². The number of piperidine rings is 1. The zero-order chi connectivity index (χ0) is 17.2. The van der Waals surface area contributed by atoms with Crippen LogP contribution in [0.25, 0.3) is 11.3 Å². The molecule has 0 radical (unpaired) electrons. The molecule has 1 atom stereocenters. The highest BCUT2D eigenvalue weighted by Gasteiger charge is 2.43. The van der Waals surface area contributed by atoms with Gasteiger partial charge in [0.1, 0.15) is 0 Å². The zero-order valence-electron chi connectivity index (χ0n) is 12.6. The molecule has 1 N–H and O–H groups in total. The molecule has 1 aliphatic heterocycles. The first-order valence-corrected chi connectivity index (χ1v) is 7.76. The number of alkyl halides is 1. The number of nitriles is 1. The molecule has 2 aromatic rings. The Bertz CT molecular complexity index is 803. The third-order valence-electron chi connectivity index (χ3n) is 3.85. The van der Waals surface area contributed by atoms with Gasteiger partial charge in [-0.2, -0.15) is 5.26 Å². The number of halogens is 2. The summed E-state index contributed by atoms with van der Waals surface area (Å²) in [5, 5.41) is 15.6. The second-order valence-corrected chi connectivity index (χ2v) is 6.07. The lowest BCUT2D eigenvalue weighted by molar-refractivity contribution is -0.130. The Kier molecular flexibility index (Phi) is 4.40. The molecule has 1 unspecified atom stereocenters. The Morgan fingerprint density at radius 2 is 2.33 bits per heavy atom. The van der Waals surface area contributed by atoms with Gasteiger partial charge in [-0.15, -0.1) is 0 Å². The summed E-state index contributed by atoms with van der Waals surface area (Å²) < 4.78 is 20.0. The molecule has 1 aromatic carbocycles. The van der Waals surface area contributed by atoms with Gasteiger partial charge in [-0.1, -0.05) is 28.9 Å². The van der Waals surface area contributed by atoms with E-state index in [1.165, 1.54) is 11.0 Å². The molecule has 0 aliphatic carbocycles. The van der Waals surface area contributed by atoms with Gasteiger partial charge in [0.05, 0.1) is 6.54 Å². The normalized spacial score (nSPS) is 20.5. The summed E-state index contributed by atoms with van der Waals surface area (Å²) in [4.78, 5) is 13.5. The van der Waals surface area contributed by atoms with Gasteiger partial charge in [0.25, 0.3) is 5.91 Å². The van der Waals surface area contributed by atoms with Crippen LogP contribution in [0.2, 0.25) is 5.02 Å². The molecule has 6 nitrogen and oxygen atoms in total. The molecule has 0 saturated carbocycles. The van der Waals surface area contributed by atoms with E-state index < -0.39 is 11.6 Å². The van der Waals surface area contributed by atoms with E-state index in [-0.39, 0.29) is 18.8 Å². The monoisotopic (exact) mass is 348 g/mol. The molecule has 1 aromatic heterocycles. The second-order valence-electron chi connectivity index (χ2n) is 5.63. The maximum atomic E-state index is 14.8. The van der Waals surface area contributed by atoms with Crippen LogP contribution in [0.3, 0.4) is 0 Å². The predicted molar refractivity (Wildman–Crippen MR) is 85.8 cm³/mol. The van der Waals surface area contributed by atoms with Crippen molar-refractivity contribution in [3.63, 3.8) is 0 Å². The number of benzene rings is 1. The first kappa shape index (κ1) is 16.3. The number of aromatic nitrogens is 1. The van der Waals surface area contributed by atoms with Crippen LogP contribution in [-0.4, -0.2) is 34.7 Å². The van der Waals surface area contributed by atoms with Crippen LogP contribution < -0.4 is 5.32 Å². The number of carbonyl (C=O) groups is 1. The average molecular weight is 349 g/mol. The molecule has 1 saturated heterocycles. The van der Waals surface area contributed by atoms with Gasteiger partial charge in [0.15, 0.2) is 17.8 Å². The van der Waals surface area contributed by atoms with Crippen LogP contribution in [0.15, 0.2) is 34.9 Å². The lowest BCUT2D eigenvalue weighted by Crippen LogP contribution is -2.51. The maximum Gasteiger partial charge on any atom is 0.265 e. The van der Waals surface area contributed by atoms with E-state index in [4.69, 9.17) is 21.4 Å². The summed E-state index contributed by atoms with van der Waals surface area (Å²) in [5.41, 5.74) is -1.43. The highest BCUT2D eigenvalue weighted by atomic mass is 35.5. The number of rotatable bonds is 3. The second kappa shape index (κ2) is 6.49. The largest absolute Gasteiger partial charge is 0.354 e. The highest BCUT2D eigenvalue weighted by molar-refractivity contribution is 6.30. The van der Waals surface area contributed by atoms with Crippen LogP contribution in [-0.2, 0) is 4.79 Å². The summed E-state index contributed by atoms with van der Waals surface area (Å²) in [6, 6.07) is 8.45. The van der Waals surface area contributed by atoms with E-state index in [1.54, 1.807) is 24.3 Å². The van der Waals surface area contributed by atoms with Gasteiger partial charge in [-0.05, 0) is 25.0 Å². The summed E-state index contributed by atoms with van der Waals surface area (Å²) in [5.74, 6) is -0.308. The van der Waals surface area contributed by atoms with Gasteiger partial charge in [0, 0.05) is 23.2 Å². The predicted octanol–water partition coefficient (Wildman–Crippen LogP) is 3.22. The van der Waals surface area contributed by atoms with Crippen molar-refractivity contribution in [2.24, 2.45) is 0 Å². The van der Waals surface area contributed by atoms with Crippen molar-refractivity contribution < 1.29 is 13.7 Å². The quantitative estimate of drug-likeness (QED) is 0.861. The van der Waals surface area contributed by atoms with Crippen molar-refractivity contribution in [1.82, 2.24) is 10.1 Å². The first-order chi connectivity index (χ1) is 11.5. The fourth-order valence-corrected chi connectivity index (χ4v) is 2.81. The Balaban J connectivity index is 1.73. The topological polar surface area (TPSA) is 82.2 Å². The zero-order valence-corrected chi connectivity index (χ0v) is 13.4. The Labute approximate surface area is 142 Å². The van der Waals surface area contributed by atoms with Gasteiger partial charge >= 0.3 is 0 Å². The van der Waals surface area contributed by atoms with Crippen LogP contribution >= 0.6 is 11.6 Å². The number of nitrogens with zero attached hydrogens (tertiary/aromatic N) is 3. The molecule has 1 amide bonds. The van der Waals surface area contributed by atoms with Crippen molar-refractivity contribution in [2.45, 2.75) is 18.5 Å². The van der Waals surface area contributed by atoms with Crippen LogP contribution in [0, 0.1) is 11.5 Å². The Morgan fingerprint density at radius 3 is 3.08 bits per heavy atom. The van der Waals surface area contributed by atoms with E-state index in [0.29, 0.717) is 29.3 Å². The smallest absolute Gasteiger partial charge is 0.265 e. The highest BCUT2D eigenvalue weighted by Crippen LogP contribution is 2.28. The molecule has 0 spiro atoms. The van der Waals surface area contributed by atoms with Crippen molar-refractivity contribution in [3.05, 3.63) is 35.4 Å². The molecular weight excluding hydrogens is 335 g/mol. The van der Waals surface area contributed by atoms with E-state index in [0.717, 1.165) is 0 Å². The van der Waals surface area contributed by atoms with Gasteiger partial charge in [-0.3, -0.25) is 4.79 Å². The summed E-state index contributed by atoms with van der Waals surface area (Å²) in [7, 11) is 0. The molecule has 2 heterocycles. The van der Waals surface area contributed by atoms with E-state index >= 15 is 0 Å². The van der Waals surface area contributed by atoms with Crippen molar-refractivity contribution in [3.8, 4) is 17.5 Å². The van der Waals surface area contributed by atoms with Crippen LogP contribution in [0.1, 0.15) is 12.8 Å². The van der Waals surface area contributed by atoms with Gasteiger partial charge < -0.3 is 14.7 Å². The molecular formula is C16H14ClFN4O2. The third kappa shape index (κ3) is 3.34. The van der Waals surface area contributed by atoms with Gasteiger partial charge in [-0.25, -0.2) is 4.39 Å². The van der Waals surface area contributed by atoms with Crippen LogP contribution in [0.4, 0.5) is 10.2 Å². The standard InChI is InChI=1S/C16H14ClFN4O2/c17-12-4-1-3-11(7-12)13-8-14(21-24-13)20-15(23)16(18)5-2-6-22(9-16)10-19/h1,3-4,7-8H,2,5-6,9H2,(H,20,21,23). The molecule has 124 valence electrons. The van der Waals surface area contributed by atoms with Crippen molar-refractivity contribution in [1.29, 1.82) is 5.26 Å². The number of likely N-dealkylation sites (tertiary alicyclic amines) is 1. The van der Waals surface area contributed by atoms with E-state index in [1.807, 2.05) is 6.19 Å². The fourth-order valence-electron chi connectivity index (χ4n) is 2.62. The SMILES string of the molecule is N#CN1CCCC(F)(C(=O)Nc2cc(-c3cccc(Cl)c3)on2)C1. The number of carbonyl (C=O) groups excluding carboxylic acids is 1. The molecule has 0 bridgehead atoms.